The summed E-state index contributed by atoms with van der Waals surface area (Å²) in [6, 6.07) is 8.99. The molecule has 3 heteroatoms. The van der Waals surface area contributed by atoms with Gasteiger partial charge in [0.15, 0.2) is 0 Å². The highest BCUT2D eigenvalue weighted by atomic mass is 16.5. The maximum absolute atomic E-state index is 5.71. The summed E-state index contributed by atoms with van der Waals surface area (Å²) in [6.45, 7) is 14.2. The second-order valence-electron chi connectivity index (χ2n) is 6.59. The van der Waals surface area contributed by atoms with E-state index < -0.39 is 0 Å². The van der Waals surface area contributed by atoms with Gasteiger partial charge in [0.05, 0.1) is 6.10 Å². The molecule has 1 heterocycles. The Morgan fingerprint density at radius 3 is 2.35 bits per heavy atom. The van der Waals surface area contributed by atoms with Crippen molar-refractivity contribution in [3.63, 3.8) is 0 Å². The summed E-state index contributed by atoms with van der Waals surface area (Å²) in [5.74, 6) is 0.954. The summed E-state index contributed by atoms with van der Waals surface area (Å²) >= 11 is 0. The quantitative estimate of drug-likeness (QED) is 0.914. The van der Waals surface area contributed by atoms with Crippen LogP contribution in [0, 0.1) is 0 Å². The molecule has 0 amide bonds. The lowest BCUT2D eigenvalue weighted by Crippen LogP contribution is -2.58. The van der Waals surface area contributed by atoms with Crippen molar-refractivity contribution in [3.8, 4) is 5.75 Å². The van der Waals surface area contributed by atoms with Crippen molar-refractivity contribution in [1.29, 1.82) is 0 Å². The Hall–Kier alpha value is -1.06. The third kappa shape index (κ3) is 3.53. The zero-order chi connectivity index (χ0) is 14.8. The van der Waals surface area contributed by atoms with Gasteiger partial charge < -0.3 is 10.1 Å². The van der Waals surface area contributed by atoms with Crippen LogP contribution in [0.5, 0.6) is 5.75 Å². The Bertz CT molecular complexity index is 425. The molecule has 0 saturated carbocycles. The van der Waals surface area contributed by atoms with Gasteiger partial charge in [-0.2, -0.15) is 0 Å². The number of hydrogen-bond donors (Lipinski definition) is 1. The Labute approximate surface area is 123 Å². The molecule has 0 spiro atoms. The lowest BCUT2D eigenvalue weighted by atomic mass is 9.95. The van der Waals surface area contributed by atoms with Gasteiger partial charge in [-0.15, -0.1) is 0 Å². The van der Waals surface area contributed by atoms with Crippen LogP contribution in [0.4, 0.5) is 0 Å². The van der Waals surface area contributed by atoms with E-state index in [1.165, 1.54) is 5.56 Å². The lowest BCUT2D eigenvalue weighted by Gasteiger charge is -2.46. The van der Waals surface area contributed by atoms with Crippen molar-refractivity contribution in [2.75, 3.05) is 19.6 Å². The van der Waals surface area contributed by atoms with Gasteiger partial charge in [0.25, 0.3) is 0 Å². The van der Waals surface area contributed by atoms with Crippen molar-refractivity contribution in [3.05, 3.63) is 29.8 Å². The minimum absolute atomic E-state index is 0.199. The van der Waals surface area contributed by atoms with E-state index in [1.807, 2.05) is 0 Å². The third-order valence-electron chi connectivity index (χ3n) is 4.07. The fraction of sp³-hybridized carbons (Fsp3) is 0.647. The first-order valence-corrected chi connectivity index (χ1v) is 7.64. The van der Waals surface area contributed by atoms with Crippen LogP contribution in [0.1, 0.15) is 46.2 Å². The molecule has 20 heavy (non-hydrogen) atoms. The normalized spacial score (nSPS) is 20.9. The van der Waals surface area contributed by atoms with Crippen molar-refractivity contribution < 1.29 is 4.74 Å². The van der Waals surface area contributed by atoms with E-state index >= 15 is 0 Å². The molecule has 0 radical (unpaired) electrons. The van der Waals surface area contributed by atoms with E-state index in [4.69, 9.17) is 4.74 Å². The topological polar surface area (TPSA) is 24.5 Å². The van der Waals surface area contributed by atoms with Gasteiger partial charge in [0, 0.05) is 31.2 Å². The van der Waals surface area contributed by atoms with Crippen LogP contribution >= 0.6 is 0 Å². The van der Waals surface area contributed by atoms with Crippen molar-refractivity contribution in [2.24, 2.45) is 0 Å². The van der Waals surface area contributed by atoms with Gasteiger partial charge in [-0.3, -0.25) is 4.90 Å². The van der Waals surface area contributed by atoms with Crippen molar-refractivity contribution in [1.82, 2.24) is 10.2 Å². The van der Waals surface area contributed by atoms with Crippen LogP contribution in [0.25, 0.3) is 0 Å². The molecule has 0 bridgehead atoms. The molecule has 3 nitrogen and oxygen atoms in total. The number of ether oxygens (including phenoxy) is 1. The average Bonchev–Trinajstić information content (AvgIpc) is 2.37. The first-order chi connectivity index (χ1) is 9.40. The van der Waals surface area contributed by atoms with E-state index in [-0.39, 0.29) is 11.6 Å². The Balaban J connectivity index is 2.10. The molecule has 0 aromatic heterocycles. The number of rotatable bonds is 4. The standard InChI is InChI=1S/C17H28N2O/c1-13(2)20-16-8-6-15(7-9-16)14(3)19-11-10-18-12-17(19,4)5/h6-9,13-14,18H,10-12H2,1-5H3. The second kappa shape index (κ2) is 6.15. The number of piperazine rings is 1. The molecule has 1 aromatic carbocycles. The van der Waals surface area contributed by atoms with E-state index in [1.54, 1.807) is 0 Å². The number of nitrogens with one attached hydrogen (secondary N) is 1. The largest absolute Gasteiger partial charge is 0.491 e. The highest BCUT2D eigenvalue weighted by molar-refractivity contribution is 5.29. The first kappa shape index (κ1) is 15.3. The molecule has 112 valence electrons. The van der Waals surface area contributed by atoms with Crippen LogP contribution in [0.2, 0.25) is 0 Å². The second-order valence-corrected chi connectivity index (χ2v) is 6.59. The zero-order valence-electron chi connectivity index (χ0n) is 13.4. The Morgan fingerprint density at radius 2 is 1.80 bits per heavy atom. The lowest BCUT2D eigenvalue weighted by molar-refractivity contribution is 0.0516. The SMILES string of the molecule is CC(C)Oc1ccc(C(C)N2CCNCC2(C)C)cc1. The van der Waals surface area contributed by atoms with Crippen LogP contribution in [0.15, 0.2) is 24.3 Å². The number of benzene rings is 1. The fourth-order valence-corrected chi connectivity index (χ4v) is 2.99. The van der Waals surface area contributed by atoms with E-state index in [0.29, 0.717) is 6.04 Å². The van der Waals surface area contributed by atoms with Crippen molar-refractivity contribution in [2.45, 2.75) is 52.3 Å². The number of nitrogens with zero attached hydrogens (tertiary/aromatic N) is 1. The van der Waals surface area contributed by atoms with E-state index in [2.05, 4.69) is 69.1 Å². The Kier molecular flexibility index (Phi) is 4.71. The molecule has 2 rings (SSSR count). The molecule has 1 aliphatic rings. The highest BCUT2D eigenvalue weighted by Gasteiger charge is 2.33. The highest BCUT2D eigenvalue weighted by Crippen LogP contribution is 2.30. The van der Waals surface area contributed by atoms with Crippen molar-refractivity contribution >= 4 is 0 Å². The van der Waals surface area contributed by atoms with Gasteiger partial charge in [0.2, 0.25) is 0 Å². The average molecular weight is 276 g/mol. The molecule has 1 N–H and O–H groups in total. The smallest absolute Gasteiger partial charge is 0.119 e. The first-order valence-electron chi connectivity index (χ1n) is 7.64. The van der Waals surface area contributed by atoms with E-state index in [0.717, 1.165) is 25.4 Å². The van der Waals surface area contributed by atoms with Crippen LogP contribution < -0.4 is 10.1 Å². The van der Waals surface area contributed by atoms with Gasteiger partial charge in [-0.1, -0.05) is 12.1 Å². The summed E-state index contributed by atoms with van der Waals surface area (Å²) in [4.78, 5) is 2.59. The van der Waals surface area contributed by atoms with Crippen LogP contribution in [-0.4, -0.2) is 36.2 Å². The van der Waals surface area contributed by atoms with E-state index in [9.17, 15) is 0 Å². The predicted molar refractivity (Wildman–Crippen MR) is 84.3 cm³/mol. The molecule has 1 aromatic rings. The summed E-state index contributed by atoms with van der Waals surface area (Å²) in [7, 11) is 0. The summed E-state index contributed by atoms with van der Waals surface area (Å²) in [5, 5.41) is 3.48. The summed E-state index contributed by atoms with van der Waals surface area (Å²) in [5.41, 5.74) is 1.56. The minimum Gasteiger partial charge on any atom is -0.491 e. The zero-order valence-corrected chi connectivity index (χ0v) is 13.4. The van der Waals surface area contributed by atoms with Crippen LogP contribution in [0.3, 0.4) is 0 Å². The third-order valence-corrected chi connectivity index (χ3v) is 4.07. The summed E-state index contributed by atoms with van der Waals surface area (Å²) < 4.78 is 5.71. The monoisotopic (exact) mass is 276 g/mol. The maximum atomic E-state index is 5.71. The molecular weight excluding hydrogens is 248 g/mol. The van der Waals surface area contributed by atoms with Gasteiger partial charge in [-0.25, -0.2) is 0 Å². The molecular formula is C17H28N2O. The van der Waals surface area contributed by atoms with Crippen LogP contribution in [-0.2, 0) is 0 Å². The molecule has 0 aliphatic carbocycles. The Morgan fingerprint density at radius 1 is 1.15 bits per heavy atom. The molecule has 1 unspecified atom stereocenters. The predicted octanol–water partition coefficient (Wildman–Crippen LogP) is 3.22. The maximum Gasteiger partial charge on any atom is 0.119 e. The minimum atomic E-state index is 0.199. The summed E-state index contributed by atoms with van der Waals surface area (Å²) in [6.07, 6.45) is 0.227. The molecule has 1 atom stereocenters. The van der Waals surface area contributed by atoms with Gasteiger partial charge in [0.1, 0.15) is 5.75 Å². The number of hydrogen-bond acceptors (Lipinski definition) is 3. The molecule has 1 fully saturated rings. The fourth-order valence-electron chi connectivity index (χ4n) is 2.99. The molecule has 1 aliphatic heterocycles. The molecule has 1 saturated heterocycles. The van der Waals surface area contributed by atoms with Gasteiger partial charge >= 0.3 is 0 Å². The van der Waals surface area contributed by atoms with Gasteiger partial charge in [-0.05, 0) is 52.3 Å².